The van der Waals surface area contributed by atoms with Gasteiger partial charge in [0.15, 0.2) is 23.6 Å². The maximum atomic E-state index is 11.7. The summed E-state index contributed by atoms with van der Waals surface area (Å²) in [5.74, 6) is -0.158. The van der Waals surface area contributed by atoms with Crippen LogP contribution in [0.1, 0.15) is 12.5 Å². The molecule has 11 N–H and O–H groups in total. The number of aliphatic hydroxyl groups is 6. The van der Waals surface area contributed by atoms with Crippen molar-refractivity contribution in [2.75, 3.05) is 24.7 Å². The van der Waals surface area contributed by atoms with Crippen LogP contribution in [0.2, 0.25) is 0 Å². The molecule has 0 radical (unpaired) electrons. The molecule has 0 aromatic carbocycles. The molecular weight excluding hydrogens is 502 g/mol. The Kier molecular flexibility index (Phi) is 7.47. The lowest BCUT2D eigenvalue weighted by Crippen LogP contribution is -2.37. The highest BCUT2D eigenvalue weighted by Crippen LogP contribution is 2.31. The van der Waals surface area contributed by atoms with Crippen LogP contribution in [0.25, 0.3) is 11.2 Å². The molecule has 0 saturated carbocycles. The summed E-state index contributed by atoms with van der Waals surface area (Å²) in [7, 11) is 0. The van der Waals surface area contributed by atoms with E-state index in [4.69, 9.17) is 31.2 Å². The maximum absolute atomic E-state index is 11.7. The van der Waals surface area contributed by atoms with E-state index in [0.29, 0.717) is 0 Å². The number of hydrogen-bond acceptors (Lipinski definition) is 16. The summed E-state index contributed by atoms with van der Waals surface area (Å²) in [5.41, 5.74) is 9.57. The maximum Gasteiger partial charge on any atom is 0.368 e. The van der Waals surface area contributed by atoms with Crippen molar-refractivity contribution < 1.29 is 40.1 Å². The molecule has 0 spiro atoms. The number of ether oxygens (including phenoxy) is 2. The van der Waals surface area contributed by atoms with E-state index in [1.807, 2.05) is 0 Å². The average Bonchev–Trinajstić information content (AvgIpc) is 3.49. The molecule has 0 amide bonds. The Hall–Kier alpha value is -3.56. The molecule has 19 nitrogen and oxygen atoms in total. The molecule has 19 heteroatoms. The number of fused-ring (bicyclic) bond motifs is 1. The third-order valence-electron chi connectivity index (χ3n) is 5.74. The predicted molar refractivity (Wildman–Crippen MR) is 119 cm³/mol. The Balaban J connectivity index is 0.000000176. The van der Waals surface area contributed by atoms with Gasteiger partial charge in [0.2, 0.25) is 5.95 Å². The number of aromatic nitrogens is 7. The second kappa shape index (κ2) is 10.4. The Morgan fingerprint density at radius 1 is 0.919 bits per heavy atom. The number of hydrogen-bond donors (Lipinski definition) is 9. The third kappa shape index (κ3) is 4.89. The minimum absolute atomic E-state index is 0.0388. The quantitative estimate of drug-likeness (QED) is 0.152. The van der Waals surface area contributed by atoms with Crippen LogP contribution in [0.4, 0.5) is 11.8 Å². The molecule has 5 heterocycles. The van der Waals surface area contributed by atoms with Gasteiger partial charge in [-0.25, -0.2) is 9.78 Å². The summed E-state index contributed by atoms with van der Waals surface area (Å²) in [5, 5.41) is 60.5. The predicted octanol–water partition coefficient (Wildman–Crippen LogP) is -5.85. The molecule has 3 aromatic rings. The molecule has 2 aliphatic heterocycles. The highest BCUT2D eigenvalue weighted by molar-refractivity contribution is 5.70. The van der Waals surface area contributed by atoms with Crippen molar-refractivity contribution in [2.45, 2.75) is 49.1 Å². The number of nitrogen functional groups attached to an aromatic ring is 2. The van der Waals surface area contributed by atoms with Gasteiger partial charge in [-0.05, 0) is 0 Å². The standard InChI is InChI=1S/C10H13N5O5.C8H12N4O5/c11-10-13-7-4(8(19)14-10)12-2-15(7)9-6(18)5(17)3(1-16)20-9;9-4-1-10-12(8(16)11-4)7-6(15)5(14)3(2-13)17-7/h2-3,5-6,9,16-18H,1H2,(H3,11,13,14,19);1,3,5-7,13-15H,2H2,(H2,9,11,16)/t3-,5-,6-,9-;3-,5-,6-,7-/m11/s1. The fraction of sp³-hybridized carbons (Fsp3) is 0.556. The molecular formula is C18H25N9O10. The van der Waals surface area contributed by atoms with Crippen molar-refractivity contribution in [1.82, 2.24) is 34.3 Å². The van der Waals surface area contributed by atoms with Crippen LogP contribution >= 0.6 is 0 Å². The Labute approximate surface area is 205 Å². The first-order valence-electron chi connectivity index (χ1n) is 10.8. The van der Waals surface area contributed by atoms with Gasteiger partial charge in [-0.2, -0.15) is 19.7 Å². The van der Waals surface area contributed by atoms with E-state index in [2.05, 4.69) is 25.0 Å². The summed E-state index contributed by atoms with van der Waals surface area (Å²) in [6, 6.07) is 0. The molecule has 202 valence electrons. The van der Waals surface area contributed by atoms with Crippen molar-refractivity contribution in [3.63, 3.8) is 0 Å². The van der Waals surface area contributed by atoms with Crippen LogP contribution in [0.5, 0.6) is 0 Å². The van der Waals surface area contributed by atoms with Gasteiger partial charge in [0.25, 0.3) is 5.56 Å². The van der Waals surface area contributed by atoms with Crippen LogP contribution in [0.15, 0.2) is 22.1 Å². The van der Waals surface area contributed by atoms with E-state index in [1.165, 1.54) is 10.9 Å². The summed E-state index contributed by atoms with van der Waals surface area (Å²) in [4.78, 5) is 36.6. The zero-order valence-corrected chi connectivity index (χ0v) is 18.8. The molecule has 2 fully saturated rings. The van der Waals surface area contributed by atoms with Crippen molar-refractivity contribution in [1.29, 1.82) is 0 Å². The molecule has 0 unspecified atom stereocenters. The topological polar surface area (TPSA) is 303 Å². The highest BCUT2D eigenvalue weighted by atomic mass is 16.6. The van der Waals surface area contributed by atoms with Crippen LogP contribution in [0.3, 0.4) is 0 Å². The molecule has 0 aliphatic carbocycles. The van der Waals surface area contributed by atoms with Gasteiger partial charge in [-0.3, -0.25) is 14.3 Å². The van der Waals surface area contributed by atoms with Crippen LogP contribution in [-0.4, -0.2) is 115 Å². The highest BCUT2D eigenvalue weighted by Gasteiger charge is 2.45. The minimum atomic E-state index is -1.37. The lowest BCUT2D eigenvalue weighted by molar-refractivity contribution is -0.0616. The fourth-order valence-electron chi connectivity index (χ4n) is 3.86. The zero-order chi connectivity index (χ0) is 27.0. The van der Waals surface area contributed by atoms with Crippen LogP contribution in [-0.2, 0) is 9.47 Å². The van der Waals surface area contributed by atoms with Gasteiger partial charge in [-0.15, -0.1) is 0 Å². The van der Waals surface area contributed by atoms with Gasteiger partial charge in [0, 0.05) is 0 Å². The van der Waals surface area contributed by atoms with Crippen LogP contribution in [0, 0.1) is 0 Å². The normalized spacial score (nSPS) is 31.4. The number of rotatable bonds is 4. The number of imidazole rings is 1. The number of anilines is 2. The van der Waals surface area contributed by atoms with Crippen molar-refractivity contribution in [3.05, 3.63) is 33.4 Å². The zero-order valence-electron chi connectivity index (χ0n) is 18.8. The van der Waals surface area contributed by atoms with Gasteiger partial charge in [0.1, 0.15) is 42.4 Å². The van der Waals surface area contributed by atoms with Crippen LogP contribution < -0.4 is 22.7 Å². The largest absolute Gasteiger partial charge is 0.394 e. The third-order valence-corrected chi connectivity index (χ3v) is 5.74. The SMILES string of the molecule is Nc1cnn([C@@H]2O[C@H](CO)[C@@H](O)[C@H]2O)c(=O)n1.Nc1nc2c(ncn2[C@@H]2O[C@H](CO)[C@@H](O)[C@H]2O)c(=O)[nH]1. The second-order valence-electron chi connectivity index (χ2n) is 8.14. The van der Waals surface area contributed by atoms with Gasteiger partial charge in [0.05, 0.1) is 25.7 Å². The van der Waals surface area contributed by atoms with E-state index in [0.717, 1.165) is 10.9 Å². The first kappa shape index (κ1) is 26.5. The van der Waals surface area contributed by atoms with Crippen molar-refractivity contribution in [3.8, 4) is 0 Å². The first-order chi connectivity index (χ1) is 17.6. The molecule has 37 heavy (non-hydrogen) atoms. The average molecular weight is 527 g/mol. The molecule has 3 aromatic heterocycles. The molecule has 8 atom stereocenters. The number of aromatic amines is 1. The van der Waals surface area contributed by atoms with Crippen molar-refractivity contribution in [2.24, 2.45) is 0 Å². The molecule has 2 aliphatic rings. The van der Waals surface area contributed by atoms with Gasteiger partial charge >= 0.3 is 5.69 Å². The minimum Gasteiger partial charge on any atom is -0.394 e. The van der Waals surface area contributed by atoms with E-state index < -0.39 is 73.5 Å². The Morgan fingerprint density at radius 3 is 2.08 bits per heavy atom. The van der Waals surface area contributed by atoms with Gasteiger partial charge < -0.3 is 51.6 Å². The number of aliphatic hydroxyl groups excluding tert-OH is 6. The lowest BCUT2D eigenvalue weighted by Gasteiger charge is -2.16. The second-order valence-corrected chi connectivity index (χ2v) is 8.14. The first-order valence-corrected chi connectivity index (χ1v) is 10.8. The number of nitrogens with one attached hydrogen (secondary N) is 1. The summed E-state index contributed by atoms with van der Waals surface area (Å²) < 4.78 is 12.5. The van der Waals surface area contributed by atoms with Crippen molar-refractivity contribution >= 4 is 22.9 Å². The number of H-pyrrole nitrogens is 1. The summed E-state index contributed by atoms with van der Waals surface area (Å²) in [6.45, 7) is -0.927. The van der Waals surface area contributed by atoms with E-state index >= 15 is 0 Å². The molecule has 5 rings (SSSR count). The Morgan fingerprint density at radius 2 is 1.51 bits per heavy atom. The number of nitrogens with zero attached hydrogens (tertiary/aromatic N) is 6. The lowest BCUT2D eigenvalue weighted by atomic mass is 10.1. The molecule has 2 saturated heterocycles. The number of nitrogens with two attached hydrogens (primary N) is 2. The van der Waals surface area contributed by atoms with E-state index in [1.54, 1.807) is 0 Å². The smallest absolute Gasteiger partial charge is 0.368 e. The summed E-state index contributed by atoms with van der Waals surface area (Å²) in [6.07, 6.45) is -6.92. The van der Waals surface area contributed by atoms with E-state index in [9.17, 15) is 30.0 Å². The van der Waals surface area contributed by atoms with Gasteiger partial charge in [-0.1, -0.05) is 0 Å². The molecule has 0 bridgehead atoms. The monoisotopic (exact) mass is 527 g/mol. The summed E-state index contributed by atoms with van der Waals surface area (Å²) >= 11 is 0. The fourth-order valence-corrected chi connectivity index (χ4v) is 3.86. The van der Waals surface area contributed by atoms with E-state index in [-0.39, 0.29) is 22.9 Å². The Bertz CT molecular complexity index is 1360.